The molecule has 1 saturated heterocycles. The Morgan fingerprint density at radius 1 is 1.14 bits per heavy atom. The SMILES string of the molecule is COc1ccc2c(c1)CCCC2=NNC(=O)c1ccc(C[NH+]2CCOCC2)cc1. The first-order valence-corrected chi connectivity index (χ1v) is 10.3. The predicted octanol–water partition coefficient (Wildman–Crippen LogP) is 1.58. The molecule has 2 aromatic rings. The fourth-order valence-corrected chi connectivity index (χ4v) is 3.96. The van der Waals surface area contributed by atoms with Crippen LogP contribution in [-0.2, 0) is 17.7 Å². The highest BCUT2D eigenvalue weighted by Gasteiger charge is 2.17. The lowest BCUT2D eigenvalue weighted by atomic mass is 9.90. The van der Waals surface area contributed by atoms with Crippen molar-refractivity contribution in [3.05, 3.63) is 64.7 Å². The van der Waals surface area contributed by atoms with Crippen LogP contribution in [0.15, 0.2) is 47.6 Å². The van der Waals surface area contributed by atoms with Crippen molar-refractivity contribution in [1.29, 1.82) is 0 Å². The highest BCUT2D eigenvalue weighted by molar-refractivity contribution is 6.04. The van der Waals surface area contributed by atoms with E-state index < -0.39 is 0 Å². The van der Waals surface area contributed by atoms with E-state index >= 15 is 0 Å². The fourth-order valence-electron chi connectivity index (χ4n) is 3.96. The molecule has 2 N–H and O–H groups in total. The first kappa shape index (κ1) is 19.6. The summed E-state index contributed by atoms with van der Waals surface area (Å²) in [6, 6.07) is 13.9. The molecule has 6 heteroatoms. The summed E-state index contributed by atoms with van der Waals surface area (Å²) < 4.78 is 10.7. The van der Waals surface area contributed by atoms with Crippen LogP contribution in [0.2, 0.25) is 0 Å². The van der Waals surface area contributed by atoms with Crippen molar-refractivity contribution in [2.75, 3.05) is 33.4 Å². The summed E-state index contributed by atoms with van der Waals surface area (Å²) in [6.45, 7) is 4.69. The summed E-state index contributed by atoms with van der Waals surface area (Å²) in [4.78, 5) is 14.1. The lowest BCUT2D eigenvalue weighted by molar-refractivity contribution is -0.921. The van der Waals surface area contributed by atoms with Gasteiger partial charge in [-0.05, 0) is 55.2 Å². The molecule has 6 nitrogen and oxygen atoms in total. The quantitative estimate of drug-likeness (QED) is 0.757. The van der Waals surface area contributed by atoms with Gasteiger partial charge in [-0.3, -0.25) is 4.79 Å². The molecule has 0 bridgehead atoms. The molecule has 0 aromatic heterocycles. The Morgan fingerprint density at radius 3 is 2.69 bits per heavy atom. The van der Waals surface area contributed by atoms with Gasteiger partial charge in [0, 0.05) is 16.7 Å². The van der Waals surface area contributed by atoms with Crippen LogP contribution < -0.4 is 15.1 Å². The lowest BCUT2D eigenvalue weighted by Crippen LogP contribution is -3.12. The Kier molecular flexibility index (Phi) is 6.22. The van der Waals surface area contributed by atoms with Gasteiger partial charge >= 0.3 is 0 Å². The number of hydrogen-bond acceptors (Lipinski definition) is 4. The van der Waals surface area contributed by atoms with Crippen LogP contribution in [0.1, 0.15) is 39.9 Å². The summed E-state index contributed by atoms with van der Waals surface area (Å²) >= 11 is 0. The number of hydrogen-bond donors (Lipinski definition) is 2. The third-order valence-electron chi connectivity index (χ3n) is 5.65. The summed E-state index contributed by atoms with van der Waals surface area (Å²) in [5.41, 5.74) is 7.84. The zero-order valence-corrected chi connectivity index (χ0v) is 16.9. The lowest BCUT2D eigenvalue weighted by Gasteiger charge is -2.23. The average Bonchev–Trinajstić information content (AvgIpc) is 2.78. The third kappa shape index (κ3) is 4.83. The number of aryl methyl sites for hydroxylation is 1. The number of nitrogens with zero attached hydrogens (tertiary/aromatic N) is 1. The number of methoxy groups -OCH3 is 1. The van der Waals surface area contributed by atoms with Gasteiger partial charge in [-0.2, -0.15) is 5.10 Å². The zero-order valence-electron chi connectivity index (χ0n) is 16.9. The molecular weight excluding hydrogens is 366 g/mol. The number of benzene rings is 2. The molecule has 2 aliphatic rings. The van der Waals surface area contributed by atoms with Gasteiger partial charge in [-0.25, -0.2) is 5.43 Å². The molecule has 2 aromatic carbocycles. The number of morpholine rings is 1. The molecule has 0 atom stereocenters. The molecule has 1 aliphatic heterocycles. The standard InChI is InChI=1S/C23H27N3O3/c1-28-20-9-10-21-19(15-20)3-2-4-22(21)24-25-23(27)18-7-5-17(6-8-18)16-26-11-13-29-14-12-26/h5-10,15H,2-4,11-14,16H2,1H3,(H,25,27)/p+1. The second-order valence-corrected chi connectivity index (χ2v) is 7.61. The minimum atomic E-state index is -0.177. The maximum absolute atomic E-state index is 12.5. The van der Waals surface area contributed by atoms with Crippen molar-refractivity contribution < 1.29 is 19.2 Å². The first-order valence-electron chi connectivity index (χ1n) is 10.3. The number of nitrogens with one attached hydrogen (secondary N) is 2. The predicted molar refractivity (Wildman–Crippen MR) is 112 cm³/mol. The minimum absolute atomic E-state index is 0.177. The minimum Gasteiger partial charge on any atom is -0.497 e. The van der Waals surface area contributed by atoms with E-state index in [1.807, 2.05) is 36.4 Å². The smallest absolute Gasteiger partial charge is 0.271 e. The molecule has 0 saturated carbocycles. The summed E-state index contributed by atoms with van der Waals surface area (Å²) in [5, 5.41) is 4.43. The number of rotatable bonds is 5. The molecule has 152 valence electrons. The van der Waals surface area contributed by atoms with E-state index in [1.165, 1.54) is 16.0 Å². The highest BCUT2D eigenvalue weighted by atomic mass is 16.5. The Balaban J connectivity index is 1.39. The Labute approximate surface area is 171 Å². The number of amides is 1. The number of quaternary nitrogens is 1. The van der Waals surface area contributed by atoms with Gasteiger partial charge in [0.25, 0.3) is 5.91 Å². The second kappa shape index (κ2) is 9.20. The number of ether oxygens (including phenoxy) is 2. The van der Waals surface area contributed by atoms with Gasteiger partial charge in [0.1, 0.15) is 25.4 Å². The number of carbonyl (C=O) groups excluding carboxylic acids is 1. The Hall–Kier alpha value is -2.70. The van der Waals surface area contributed by atoms with Gasteiger partial charge in [-0.1, -0.05) is 12.1 Å². The van der Waals surface area contributed by atoms with Crippen molar-refractivity contribution in [3.63, 3.8) is 0 Å². The van der Waals surface area contributed by atoms with Crippen molar-refractivity contribution in [3.8, 4) is 5.75 Å². The van der Waals surface area contributed by atoms with Gasteiger partial charge in [0.15, 0.2) is 0 Å². The van der Waals surface area contributed by atoms with Gasteiger partial charge < -0.3 is 14.4 Å². The second-order valence-electron chi connectivity index (χ2n) is 7.61. The fraction of sp³-hybridized carbons (Fsp3) is 0.391. The molecule has 4 rings (SSSR count). The molecule has 1 heterocycles. The van der Waals surface area contributed by atoms with Crippen LogP contribution in [0.4, 0.5) is 0 Å². The maximum atomic E-state index is 12.5. The molecule has 1 amide bonds. The van der Waals surface area contributed by atoms with E-state index in [0.717, 1.165) is 69.1 Å². The van der Waals surface area contributed by atoms with Crippen molar-refractivity contribution in [2.45, 2.75) is 25.8 Å². The molecular formula is C23H28N3O3+. The van der Waals surface area contributed by atoms with Crippen molar-refractivity contribution in [1.82, 2.24) is 5.43 Å². The van der Waals surface area contributed by atoms with Crippen molar-refractivity contribution in [2.24, 2.45) is 5.10 Å². The van der Waals surface area contributed by atoms with Gasteiger partial charge in [0.05, 0.1) is 26.0 Å². The highest BCUT2D eigenvalue weighted by Crippen LogP contribution is 2.25. The topological polar surface area (TPSA) is 64.4 Å². The van der Waals surface area contributed by atoms with Crippen LogP contribution in [0.5, 0.6) is 5.75 Å². The van der Waals surface area contributed by atoms with Crippen LogP contribution >= 0.6 is 0 Å². The van der Waals surface area contributed by atoms with Crippen LogP contribution in [0.3, 0.4) is 0 Å². The zero-order chi connectivity index (χ0) is 20.1. The maximum Gasteiger partial charge on any atom is 0.271 e. The van der Waals surface area contributed by atoms with E-state index in [4.69, 9.17) is 9.47 Å². The van der Waals surface area contributed by atoms with E-state index in [2.05, 4.69) is 16.6 Å². The molecule has 1 aliphatic carbocycles. The third-order valence-corrected chi connectivity index (χ3v) is 5.65. The van der Waals surface area contributed by atoms with E-state index in [9.17, 15) is 4.79 Å². The van der Waals surface area contributed by atoms with Crippen LogP contribution in [-0.4, -0.2) is 45.0 Å². The van der Waals surface area contributed by atoms with E-state index in [1.54, 1.807) is 7.11 Å². The van der Waals surface area contributed by atoms with Gasteiger partial charge in [-0.15, -0.1) is 0 Å². The van der Waals surface area contributed by atoms with Crippen molar-refractivity contribution >= 4 is 11.6 Å². The largest absolute Gasteiger partial charge is 0.497 e. The number of hydrazone groups is 1. The molecule has 1 fully saturated rings. The Morgan fingerprint density at radius 2 is 1.93 bits per heavy atom. The average molecular weight is 394 g/mol. The number of fused-ring (bicyclic) bond motifs is 1. The van der Waals surface area contributed by atoms with Gasteiger partial charge in [0.2, 0.25) is 0 Å². The molecule has 0 unspecified atom stereocenters. The Bertz CT molecular complexity index is 887. The number of carbonyl (C=O) groups is 1. The normalized spacial score (nSPS) is 18.3. The van der Waals surface area contributed by atoms with Crippen LogP contribution in [0, 0.1) is 0 Å². The molecule has 29 heavy (non-hydrogen) atoms. The molecule has 0 spiro atoms. The molecule has 0 radical (unpaired) electrons. The monoisotopic (exact) mass is 394 g/mol. The van der Waals surface area contributed by atoms with E-state index in [-0.39, 0.29) is 5.91 Å². The summed E-state index contributed by atoms with van der Waals surface area (Å²) in [5.74, 6) is 0.677. The van der Waals surface area contributed by atoms with E-state index in [0.29, 0.717) is 5.56 Å². The van der Waals surface area contributed by atoms with Crippen LogP contribution in [0.25, 0.3) is 0 Å². The summed E-state index contributed by atoms with van der Waals surface area (Å²) in [7, 11) is 1.67. The summed E-state index contributed by atoms with van der Waals surface area (Å²) in [6.07, 6.45) is 2.89. The first-order chi connectivity index (χ1) is 14.2.